The van der Waals surface area contributed by atoms with Crippen LogP contribution in [0.3, 0.4) is 0 Å². The zero-order valence-electron chi connectivity index (χ0n) is 12.8. The minimum Gasteiger partial charge on any atom is -0.468 e. The molecular formula is C15H17F4N3O2. The van der Waals surface area contributed by atoms with E-state index >= 15 is 0 Å². The Morgan fingerprint density at radius 1 is 1.29 bits per heavy atom. The van der Waals surface area contributed by atoms with Crippen LogP contribution in [0, 0.1) is 5.41 Å². The van der Waals surface area contributed by atoms with Crippen molar-refractivity contribution in [1.82, 2.24) is 15.6 Å². The fourth-order valence-corrected chi connectivity index (χ4v) is 3.36. The lowest BCUT2D eigenvalue weighted by Gasteiger charge is -2.65. The summed E-state index contributed by atoms with van der Waals surface area (Å²) < 4.78 is 54.2. The average Bonchev–Trinajstić information content (AvgIpc) is 2.45. The van der Waals surface area contributed by atoms with Crippen molar-refractivity contribution in [3.8, 4) is 5.88 Å². The Labute approximate surface area is 135 Å². The van der Waals surface area contributed by atoms with Crippen LogP contribution in [-0.4, -0.2) is 36.0 Å². The van der Waals surface area contributed by atoms with Crippen molar-refractivity contribution in [2.24, 2.45) is 5.41 Å². The fraction of sp³-hybridized carbons (Fsp3) is 0.600. The van der Waals surface area contributed by atoms with Crippen molar-refractivity contribution < 1.29 is 27.1 Å². The molecule has 2 N–H and O–H groups in total. The molecule has 0 aromatic carbocycles. The molecule has 1 heterocycles. The van der Waals surface area contributed by atoms with E-state index in [0.717, 1.165) is 0 Å². The number of nitrogens with one attached hydrogen (secondary N) is 2. The van der Waals surface area contributed by atoms with Crippen LogP contribution >= 0.6 is 0 Å². The van der Waals surface area contributed by atoms with Crippen LogP contribution in [0.25, 0.3) is 0 Å². The smallest absolute Gasteiger partial charge is 0.422 e. The Hall–Kier alpha value is -2.06. The Morgan fingerprint density at radius 2 is 2.00 bits per heavy atom. The van der Waals surface area contributed by atoms with Crippen LogP contribution < -0.4 is 15.4 Å². The number of urea groups is 1. The summed E-state index contributed by atoms with van der Waals surface area (Å²) in [6.45, 7) is -0.868. The number of alkyl halides is 4. The first-order valence-corrected chi connectivity index (χ1v) is 7.52. The molecule has 1 aromatic heterocycles. The van der Waals surface area contributed by atoms with Gasteiger partial charge in [-0.25, -0.2) is 14.2 Å². The Kier molecular flexibility index (Phi) is 4.05. The lowest BCUT2D eigenvalue weighted by atomic mass is 9.42. The minimum absolute atomic E-state index is 0.0820. The van der Waals surface area contributed by atoms with Gasteiger partial charge in [-0.1, -0.05) is 0 Å². The standard InChI is InChI=1S/C15H17F4N3O2/c16-14-5-13(6-14,7-14)8-22-12(23)21-4-10-1-2-20-11(3-10)24-9-15(17,18)19/h1-3H,4-9H2,(H2,21,22,23). The number of hydrogen-bond donors (Lipinski definition) is 2. The van der Waals surface area contributed by atoms with Crippen LogP contribution in [0.4, 0.5) is 22.4 Å². The van der Waals surface area contributed by atoms with Gasteiger partial charge in [-0.15, -0.1) is 0 Å². The number of hydrogen-bond acceptors (Lipinski definition) is 3. The molecule has 0 saturated heterocycles. The number of nitrogens with zero attached hydrogens (tertiary/aromatic N) is 1. The lowest BCUT2D eigenvalue weighted by Crippen LogP contribution is -2.68. The maximum Gasteiger partial charge on any atom is 0.422 e. The summed E-state index contributed by atoms with van der Waals surface area (Å²) in [4.78, 5) is 15.4. The Bertz CT molecular complexity index is 616. The van der Waals surface area contributed by atoms with Crippen LogP contribution in [0.1, 0.15) is 24.8 Å². The first kappa shape index (κ1) is 16.8. The van der Waals surface area contributed by atoms with Crippen LogP contribution in [-0.2, 0) is 6.54 Å². The number of halogens is 4. The lowest BCUT2D eigenvalue weighted by molar-refractivity contribution is -0.208. The second-order valence-electron chi connectivity index (χ2n) is 6.62. The summed E-state index contributed by atoms with van der Waals surface area (Å²) in [5.41, 5.74) is -0.519. The van der Waals surface area contributed by atoms with Gasteiger partial charge in [-0.2, -0.15) is 13.2 Å². The number of aromatic nitrogens is 1. The van der Waals surface area contributed by atoms with Gasteiger partial charge in [0.05, 0.1) is 0 Å². The monoisotopic (exact) mass is 347 g/mol. The third kappa shape index (κ3) is 3.88. The fourth-order valence-electron chi connectivity index (χ4n) is 3.36. The number of rotatable bonds is 6. The van der Waals surface area contributed by atoms with Gasteiger partial charge in [0.25, 0.3) is 0 Å². The highest BCUT2D eigenvalue weighted by Gasteiger charge is 2.68. The number of carbonyl (C=O) groups is 1. The molecule has 3 aliphatic carbocycles. The normalized spacial score (nSPS) is 27.7. The molecule has 0 atom stereocenters. The molecule has 5 nitrogen and oxygen atoms in total. The largest absolute Gasteiger partial charge is 0.468 e. The minimum atomic E-state index is -4.44. The van der Waals surface area contributed by atoms with E-state index in [1.807, 2.05) is 0 Å². The molecule has 2 bridgehead atoms. The molecule has 24 heavy (non-hydrogen) atoms. The topological polar surface area (TPSA) is 63.2 Å². The van der Waals surface area contributed by atoms with Gasteiger partial charge in [0.1, 0.15) is 5.67 Å². The number of pyridine rings is 1. The molecule has 0 aliphatic heterocycles. The van der Waals surface area contributed by atoms with E-state index in [0.29, 0.717) is 31.4 Å². The predicted octanol–water partition coefficient (Wildman–Crippen LogP) is 2.71. The summed E-state index contributed by atoms with van der Waals surface area (Å²) in [6.07, 6.45) is -1.61. The van der Waals surface area contributed by atoms with Gasteiger partial charge in [0.15, 0.2) is 6.61 Å². The van der Waals surface area contributed by atoms with Crippen LogP contribution in [0.5, 0.6) is 5.88 Å². The summed E-state index contributed by atoms with van der Waals surface area (Å²) in [5, 5.41) is 5.29. The van der Waals surface area contributed by atoms with E-state index in [9.17, 15) is 22.4 Å². The second-order valence-corrected chi connectivity index (χ2v) is 6.62. The molecule has 9 heteroatoms. The summed E-state index contributed by atoms with van der Waals surface area (Å²) in [6, 6.07) is 2.50. The Morgan fingerprint density at radius 3 is 2.62 bits per heavy atom. The third-order valence-electron chi connectivity index (χ3n) is 4.34. The molecule has 3 aliphatic rings. The number of carbonyl (C=O) groups excluding carboxylic acids is 1. The van der Waals surface area contributed by atoms with Crippen molar-refractivity contribution in [3.05, 3.63) is 23.9 Å². The van der Waals surface area contributed by atoms with E-state index in [2.05, 4.69) is 20.4 Å². The average molecular weight is 347 g/mol. The van der Waals surface area contributed by atoms with Gasteiger partial charge < -0.3 is 15.4 Å². The Balaban J connectivity index is 1.40. The molecular weight excluding hydrogens is 330 g/mol. The number of ether oxygens (including phenoxy) is 1. The number of amides is 2. The van der Waals surface area contributed by atoms with Gasteiger partial charge in [0, 0.05) is 25.4 Å². The molecule has 132 valence electrons. The van der Waals surface area contributed by atoms with Gasteiger partial charge in [-0.05, 0) is 36.3 Å². The van der Waals surface area contributed by atoms with Gasteiger partial charge in [-0.3, -0.25) is 0 Å². The maximum absolute atomic E-state index is 13.4. The van der Waals surface area contributed by atoms with Crippen LogP contribution in [0.2, 0.25) is 0 Å². The summed E-state index contributed by atoms with van der Waals surface area (Å²) in [7, 11) is 0. The summed E-state index contributed by atoms with van der Waals surface area (Å²) in [5.74, 6) is -0.158. The highest BCUT2D eigenvalue weighted by atomic mass is 19.4. The molecule has 3 fully saturated rings. The second kappa shape index (κ2) is 5.78. The van der Waals surface area contributed by atoms with E-state index in [-0.39, 0.29) is 17.8 Å². The molecule has 1 aromatic rings. The zero-order chi connectivity index (χ0) is 17.4. The molecule has 0 spiro atoms. The molecule has 0 radical (unpaired) electrons. The summed E-state index contributed by atoms with van der Waals surface area (Å²) >= 11 is 0. The predicted molar refractivity (Wildman–Crippen MR) is 76.1 cm³/mol. The highest BCUT2D eigenvalue weighted by Crippen LogP contribution is 2.69. The van der Waals surface area contributed by atoms with E-state index < -0.39 is 24.5 Å². The first-order chi connectivity index (χ1) is 11.2. The first-order valence-electron chi connectivity index (χ1n) is 7.52. The zero-order valence-corrected chi connectivity index (χ0v) is 12.8. The highest BCUT2D eigenvalue weighted by molar-refractivity contribution is 5.74. The molecule has 2 amide bonds. The van der Waals surface area contributed by atoms with E-state index in [1.165, 1.54) is 12.3 Å². The van der Waals surface area contributed by atoms with E-state index in [4.69, 9.17) is 0 Å². The molecule has 4 rings (SSSR count). The van der Waals surface area contributed by atoms with Crippen molar-refractivity contribution in [2.75, 3.05) is 13.2 Å². The molecule has 0 unspecified atom stereocenters. The van der Waals surface area contributed by atoms with Crippen molar-refractivity contribution in [1.29, 1.82) is 0 Å². The van der Waals surface area contributed by atoms with Crippen molar-refractivity contribution in [3.63, 3.8) is 0 Å². The maximum atomic E-state index is 13.4. The quantitative estimate of drug-likeness (QED) is 0.778. The van der Waals surface area contributed by atoms with Crippen molar-refractivity contribution in [2.45, 2.75) is 37.7 Å². The van der Waals surface area contributed by atoms with E-state index in [1.54, 1.807) is 6.07 Å². The SMILES string of the molecule is O=C(NCc1ccnc(OCC(F)(F)F)c1)NCC12CC(F)(C1)C2. The van der Waals surface area contributed by atoms with Gasteiger partial charge >= 0.3 is 12.2 Å². The van der Waals surface area contributed by atoms with Crippen LogP contribution in [0.15, 0.2) is 18.3 Å². The van der Waals surface area contributed by atoms with Crippen molar-refractivity contribution >= 4 is 6.03 Å². The molecule has 3 saturated carbocycles. The van der Waals surface area contributed by atoms with Gasteiger partial charge in [0.2, 0.25) is 5.88 Å². The third-order valence-corrected chi connectivity index (χ3v) is 4.34.